The highest BCUT2D eigenvalue weighted by molar-refractivity contribution is 5.92. The molecule has 0 aliphatic rings. The number of carboxylic acids is 1. The number of nitrogens with one attached hydrogen (secondary N) is 1. The summed E-state index contributed by atoms with van der Waals surface area (Å²) in [5, 5.41) is 11.6. The van der Waals surface area contributed by atoms with Crippen molar-refractivity contribution in [1.29, 1.82) is 0 Å². The molecule has 1 aromatic carbocycles. The number of aryl methyl sites for hydroxylation is 1. The van der Waals surface area contributed by atoms with Gasteiger partial charge in [-0.1, -0.05) is 24.3 Å². The van der Waals surface area contributed by atoms with Gasteiger partial charge < -0.3 is 10.4 Å². The molecule has 0 fully saturated rings. The largest absolute Gasteiger partial charge is 0.476 e. The van der Waals surface area contributed by atoms with Gasteiger partial charge in [0.25, 0.3) is 5.91 Å². The molecule has 1 aromatic heterocycles. The van der Waals surface area contributed by atoms with Crippen LogP contribution in [0, 0.1) is 6.92 Å². The molecule has 114 valence electrons. The molecule has 6 heteroatoms. The lowest BCUT2D eigenvalue weighted by Crippen LogP contribution is -2.34. The number of aromatic carboxylic acids is 1. The normalized spacial score (nSPS) is 11.7. The predicted octanol–water partition coefficient (Wildman–Crippen LogP) is 1.84. The molecule has 1 atom stereocenters. The van der Waals surface area contributed by atoms with Crippen molar-refractivity contribution in [2.24, 2.45) is 0 Å². The first-order chi connectivity index (χ1) is 10.5. The van der Waals surface area contributed by atoms with Gasteiger partial charge in [-0.15, -0.1) is 0 Å². The summed E-state index contributed by atoms with van der Waals surface area (Å²) in [7, 11) is 0. The third-order valence-electron chi connectivity index (χ3n) is 3.27. The summed E-state index contributed by atoms with van der Waals surface area (Å²) in [6.07, 6.45) is 2.95. The lowest BCUT2D eigenvalue weighted by molar-refractivity contribution is 0.0689. The van der Waals surface area contributed by atoms with Crippen LogP contribution in [0.25, 0.3) is 0 Å². The van der Waals surface area contributed by atoms with Crippen molar-refractivity contribution in [2.45, 2.75) is 26.3 Å². The van der Waals surface area contributed by atoms with Gasteiger partial charge in [0.2, 0.25) is 0 Å². The van der Waals surface area contributed by atoms with E-state index in [2.05, 4.69) is 15.3 Å². The topological polar surface area (TPSA) is 92.2 Å². The Hall–Kier alpha value is -2.76. The lowest BCUT2D eigenvalue weighted by atomic mass is 10.0. The molecule has 0 saturated heterocycles. The van der Waals surface area contributed by atoms with Crippen molar-refractivity contribution in [1.82, 2.24) is 15.3 Å². The zero-order valence-corrected chi connectivity index (χ0v) is 12.4. The Morgan fingerprint density at radius 3 is 2.41 bits per heavy atom. The van der Waals surface area contributed by atoms with Crippen LogP contribution < -0.4 is 5.32 Å². The van der Waals surface area contributed by atoms with E-state index in [1.165, 1.54) is 17.3 Å². The third kappa shape index (κ3) is 3.88. The summed E-state index contributed by atoms with van der Waals surface area (Å²) >= 11 is 0. The highest BCUT2D eigenvalue weighted by Crippen LogP contribution is 2.10. The first-order valence-electron chi connectivity index (χ1n) is 6.88. The third-order valence-corrected chi connectivity index (χ3v) is 3.27. The van der Waals surface area contributed by atoms with Gasteiger partial charge >= 0.3 is 5.97 Å². The van der Waals surface area contributed by atoms with E-state index in [1.807, 2.05) is 38.1 Å². The van der Waals surface area contributed by atoms with Crippen LogP contribution in [-0.4, -0.2) is 33.0 Å². The average molecular weight is 299 g/mol. The van der Waals surface area contributed by atoms with Crippen molar-refractivity contribution >= 4 is 11.9 Å². The van der Waals surface area contributed by atoms with Gasteiger partial charge in [-0.05, 0) is 31.4 Å². The first kappa shape index (κ1) is 15.6. The first-order valence-corrected chi connectivity index (χ1v) is 6.88. The van der Waals surface area contributed by atoms with E-state index >= 15 is 0 Å². The van der Waals surface area contributed by atoms with Crippen molar-refractivity contribution < 1.29 is 14.7 Å². The monoisotopic (exact) mass is 299 g/mol. The van der Waals surface area contributed by atoms with E-state index in [4.69, 9.17) is 5.11 Å². The maximum atomic E-state index is 12.1. The molecule has 1 unspecified atom stereocenters. The molecule has 1 heterocycles. The number of benzene rings is 1. The number of nitrogens with zero attached hydrogens (tertiary/aromatic N) is 2. The fraction of sp³-hybridized carbons (Fsp3) is 0.250. The number of hydrogen-bond donors (Lipinski definition) is 2. The quantitative estimate of drug-likeness (QED) is 0.879. The summed E-state index contributed by atoms with van der Waals surface area (Å²) in [4.78, 5) is 30.2. The van der Waals surface area contributed by atoms with Crippen LogP contribution in [0.4, 0.5) is 0 Å². The SMILES string of the molecule is Cc1ccccc1CC(C)NC(=O)c1cnc(C(=O)O)cn1. The number of aromatic nitrogens is 2. The second-order valence-corrected chi connectivity index (χ2v) is 5.10. The predicted molar refractivity (Wildman–Crippen MR) is 80.8 cm³/mol. The molecule has 0 bridgehead atoms. The summed E-state index contributed by atoms with van der Waals surface area (Å²) in [6.45, 7) is 3.93. The maximum Gasteiger partial charge on any atom is 0.356 e. The minimum absolute atomic E-state index is 0.0745. The Morgan fingerprint density at radius 2 is 1.82 bits per heavy atom. The molecule has 2 rings (SSSR count). The average Bonchev–Trinajstić information content (AvgIpc) is 2.49. The number of hydrogen-bond acceptors (Lipinski definition) is 4. The minimum atomic E-state index is -1.17. The number of amides is 1. The molecule has 0 radical (unpaired) electrons. The van der Waals surface area contributed by atoms with Gasteiger partial charge in [-0.25, -0.2) is 14.8 Å². The Bertz CT molecular complexity index is 683. The molecule has 6 nitrogen and oxygen atoms in total. The van der Waals surface area contributed by atoms with Crippen LogP contribution in [0.2, 0.25) is 0 Å². The van der Waals surface area contributed by atoms with Crippen LogP contribution in [0.1, 0.15) is 39.0 Å². The minimum Gasteiger partial charge on any atom is -0.476 e. The van der Waals surface area contributed by atoms with Gasteiger partial charge in [-0.2, -0.15) is 0 Å². The van der Waals surface area contributed by atoms with Crippen LogP contribution in [0.15, 0.2) is 36.7 Å². The van der Waals surface area contributed by atoms with E-state index in [0.717, 1.165) is 6.20 Å². The summed E-state index contributed by atoms with van der Waals surface area (Å²) in [6, 6.07) is 7.92. The molecule has 2 N–H and O–H groups in total. The number of rotatable bonds is 5. The van der Waals surface area contributed by atoms with Crippen LogP contribution in [0.5, 0.6) is 0 Å². The lowest BCUT2D eigenvalue weighted by Gasteiger charge is -2.15. The standard InChI is InChI=1S/C16H17N3O3/c1-10-5-3-4-6-12(10)7-11(2)19-15(20)13-8-18-14(9-17-13)16(21)22/h3-6,8-9,11H,7H2,1-2H3,(H,19,20)(H,21,22). The van der Waals surface area contributed by atoms with Crippen molar-refractivity contribution in [2.75, 3.05) is 0 Å². The Morgan fingerprint density at radius 1 is 1.18 bits per heavy atom. The summed E-state index contributed by atoms with van der Waals surface area (Å²) < 4.78 is 0. The zero-order valence-electron chi connectivity index (χ0n) is 12.4. The number of carboxylic acid groups (broad SMARTS) is 1. The maximum absolute atomic E-state index is 12.1. The van der Waals surface area contributed by atoms with Gasteiger partial charge in [0.15, 0.2) is 5.69 Å². The highest BCUT2D eigenvalue weighted by atomic mass is 16.4. The van der Waals surface area contributed by atoms with Gasteiger partial charge in [-0.3, -0.25) is 4.79 Å². The fourth-order valence-electron chi connectivity index (χ4n) is 2.07. The second kappa shape index (κ2) is 6.80. The molecule has 0 aliphatic heterocycles. The highest BCUT2D eigenvalue weighted by Gasteiger charge is 2.14. The summed E-state index contributed by atoms with van der Waals surface area (Å²) in [5.41, 5.74) is 2.25. The molecule has 1 amide bonds. The molecular formula is C16H17N3O3. The smallest absolute Gasteiger partial charge is 0.356 e. The molecule has 22 heavy (non-hydrogen) atoms. The van der Waals surface area contributed by atoms with E-state index in [0.29, 0.717) is 6.42 Å². The molecule has 2 aromatic rings. The molecule has 0 spiro atoms. The van der Waals surface area contributed by atoms with Crippen LogP contribution >= 0.6 is 0 Å². The Balaban J connectivity index is 1.99. The van der Waals surface area contributed by atoms with Crippen molar-refractivity contribution in [3.05, 3.63) is 59.2 Å². The van der Waals surface area contributed by atoms with E-state index in [1.54, 1.807) is 0 Å². The number of carbonyl (C=O) groups is 2. The summed E-state index contributed by atoms with van der Waals surface area (Å²) in [5.74, 6) is -1.54. The van der Waals surface area contributed by atoms with Crippen molar-refractivity contribution in [3.8, 4) is 0 Å². The Kier molecular flexibility index (Phi) is 4.83. The van der Waals surface area contributed by atoms with E-state index in [9.17, 15) is 9.59 Å². The Labute approximate surface area is 128 Å². The van der Waals surface area contributed by atoms with E-state index < -0.39 is 5.97 Å². The van der Waals surface area contributed by atoms with Gasteiger partial charge in [0.1, 0.15) is 5.69 Å². The molecular weight excluding hydrogens is 282 g/mol. The second-order valence-electron chi connectivity index (χ2n) is 5.10. The molecule has 0 aliphatic carbocycles. The van der Waals surface area contributed by atoms with Crippen molar-refractivity contribution in [3.63, 3.8) is 0 Å². The molecule has 0 saturated carbocycles. The van der Waals surface area contributed by atoms with Gasteiger partial charge in [0, 0.05) is 6.04 Å². The zero-order chi connectivity index (χ0) is 16.1. The van der Waals surface area contributed by atoms with E-state index in [-0.39, 0.29) is 23.3 Å². The van der Waals surface area contributed by atoms with Crippen LogP contribution in [-0.2, 0) is 6.42 Å². The number of carbonyl (C=O) groups excluding carboxylic acids is 1. The van der Waals surface area contributed by atoms with Gasteiger partial charge in [0.05, 0.1) is 12.4 Å². The van der Waals surface area contributed by atoms with Crippen LogP contribution in [0.3, 0.4) is 0 Å². The fourth-order valence-corrected chi connectivity index (χ4v) is 2.07.